The lowest BCUT2D eigenvalue weighted by Gasteiger charge is -2.10. The molecule has 2 heterocycles. The second-order valence-corrected chi connectivity index (χ2v) is 6.25. The molecule has 4 rings (SSSR count). The summed E-state index contributed by atoms with van der Waals surface area (Å²) in [6, 6.07) is 14.5. The number of pyridine rings is 1. The molecule has 0 aliphatic heterocycles. The van der Waals surface area contributed by atoms with E-state index in [0.29, 0.717) is 28.7 Å². The molecule has 0 spiro atoms. The fourth-order valence-electron chi connectivity index (χ4n) is 3.47. The highest BCUT2D eigenvalue weighted by atomic mass is 16.5. The molecule has 136 valence electrons. The molecule has 0 saturated carbocycles. The van der Waals surface area contributed by atoms with Gasteiger partial charge in [-0.1, -0.05) is 18.2 Å². The monoisotopic (exact) mass is 362 g/mol. The molecule has 0 amide bonds. The number of aryl methyl sites for hydroxylation is 1. The van der Waals surface area contributed by atoms with E-state index in [-0.39, 0.29) is 11.1 Å². The molecule has 6 nitrogen and oxygen atoms in total. The summed E-state index contributed by atoms with van der Waals surface area (Å²) in [4.78, 5) is 25.0. The number of carboxylic acid groups (broad SMARTS) is 1. The molecule has 4 aromatic rings. The average molecular weight is 362 g/mol. The van der Waals surface area contributed by atoms with Crippen LogP contribution < -0.4 is 10.3 Å². The summed E-state index contributed by atoms with van der Waals surface area (Å²) >= 11 is 0. The van der Waals surface area contributed by atoms with E-state index in [4.69, 9.17) is 4.74 Å². The SMILES string of the molecule is CCOc1ccc(-n2cc(C(=O)O)c3c4ccccc4n(C)c(=O)c32)cc1. The maximum absolute atomic E-state index is 13.1. The van der Waals surface area contributed by atoms with Crippen molar-refractivity contribution in [1.29, 1.82) is 0 Å². The molecular weight excluding hydrogens is 344 g/mol. The van der Waals surface area contributed by atoms with Gasteiger partial charge in [-0.15, -0.1) is 0 Å². The summed E-state index contributed by atoms with van der Waals surface area (Å²) in [5.41, 5.74) is 1.60. The Hall–Kier alpha value is -3.54. The molecular formula is C21H18N2O4. The van der Waals surface area contributed by atoms with Crippen molar-refractivity contribution in [2.75, 3.05) is 6.61 Å². The minimum absolute atomic E-state index is 0.104. The Kier molecular flexibility index (Phi) is 3.96. The van der Waals surface area contributed by atoms with Crippen molar-refractivity contribution in [3.8, 4) is 11.4 Å². The van der Waals surface area contributed by atoms with Gasteiger partial charge in [0.25, 0.3) is 5.56 Å². The quantitative estimate of drug-likeness (QED) is 0.602. The first-order valence-corrected chi connectivity index (χ1v) is 8.62. The molecule has 2 aromatic carbocycles. The van der Waals surface area contributed by atoms with E-state index in [1.54, 1.807) is 28.3 Å². The highest BCUT2D eigenvalue weighted by Crippen LogP contribution is 2.30. The van der Waals surface area contributed by atoms with Gasteiger partial charge in [0.1, 0.15) is 11.3 Å². The molecule has 2 aromatic heterocycles. The lowest BCUT2D eigenvalue weighted by Crippen LogP contribution is -2.19. The Labute approximate surface area is 154 Å². The number of aromatic carboxylic acids is 1. The molecule has 0 aliphatic rings. The second kappa shape index (κ2) is 6.32. The van der Waals surface area contributed by atoms with Crippen molar-refractivity contribution < 1.29 is 14.6 Å². The molecule has 0 radical (unpaired) electrons. The van der Waals surface area contributed by atoms with Crippen LogP contribution in [-0.4, -0.2) is 26.8 Å². The van der Waals surface area contributed by atoms with Crippen LogP contribution in [0.15, 0.2) is 59.5 Å². The van der Waals surface area contributed by atoms with Gasteiger partial charge < -0.3 is 19.0 Å². The third-order valence-corrected chi connectivity index (χ3v) is 4.70. The summed E-state index contributed by atoms with van der Waals surface area (Å²) in [5, 5.41) is 10.9. The number of rotatable bonds is 4. The fourth-order valence-corrected chi connectivity index (χ4v) is 3.47. The summed E-state index contributed by atoms with van der Waals surface area (Å²) in [7, 11) is 1.69. The number of carbonyl (C=O) groups is 1. The highest BCUT2D eigenvalue weighted by Gasteiger charge is 2.21. The van der Waals surface area contributed by atoms with E-state index in [9.17, 15) is 14.7 Å². The zero-order valence-electron chi connectivity index (χ0n) is 15.0. The Morgan fingerprint density at radius 1 is 1.11 bits per heavy atom. The Balaban J connectivity index is 2.11. The van der Waals surface area contributed by atoms with Gasteiger partial charge in [0.05, 0.1) is 17.7 Å². The fraction of sp³-hybridized carbons (Fsp3) is 0.143. The highest BCUT2D eigenvalue weighted by molar-refractivity contribution is 6.15. The van der Waals surface area contributed by atoms with Crippen LogP contribution in [0.1, 0.15) is 17.3 Å². The van der Waals surface area contributed by atoms with Crippen LogP contribution in [0.4, 0.5) is 0 Å². The smallest absolute Gasteiger partial charge is 0.337 e. The van der Waals surface area contributed by atoms with Crippen LogP contribution in [0.25, 0.3) is 27.5 Å². The molecule has 0 unspecified atom stereocenters. The van der Waals surface area contributed by atoms with Crippen LogP contribution >= 0.6 is 0 Å². The van der Waals surface area contributed by atoms with E-state index in [0.717, 1.165) is 11.1 Å². The lowest BCUT2D eigenvalue weighted by molar-refractivity contribution is 0.0699. The number of ether oxygens (including phenoxy) is 1. The Morgan fingerprint density at radius 2 is 1.81 bits per heavy atom. The Morgan fingerprint density at radius 3 is 2.48 bits per heavy atom. The van der Waals surface area contributed by atoms with Gasteiger partial charge in [0.2, 0.25) is 0 Å². The maximum atomic E-state index is 13.1. The number of carboxylic acids is 1. The topological polar surface area (TPSA) is 73.5 Å². The second-order valence-electron chi connectivity index (χ2n) is 6.25. The van der Waals surface area contributed by atoms with E-state index < -0.39 is 5.97 Å². The molecule has 6 heteroatoms. The van der Waals surface area contributed by atoms with Crippen molar-refractivity contribution in [1.82, 2.24) is 9.13 Å². The zero-order chi connectivity index (χ0) is 19.1. The number of hydrogen-bond acceptors (Lipinski definition) is 3. The van der Waals surface area contributed by atoms with Crippen LogP contribution in [0.2, 0.25) is 0 Å². The van der Waals surface area contributed by atoms with Crippen molar-refractivity contribution in [3.05, 3.63) is 70.6 Å². The molecule has 0 atom stereocenters. The molecule has 27 heavy (non-hydrogen) atoms. The third kappa shape index (κ3) is 2.57. The predicted octanol–water partition coefficient (Wildman–Crippen LogP) is 3.58. The normalized spacial score (nSPS) is 11.2. The van der Waals surface area contributed by atoms with E-state index in [1.165, 1.54) is 6.20 Å². The predicted molar refractivity (Wildman–Crippen MR) is 104 cm³/mol. The van der Waals surface area contributed by atoms with Gasteiger partial charge in [-0.2, -0.15) is 0 Å². The van der Waals surface area contributed by atoms with Gasteiger partial charge in [0.15, 0.2) is 0 Å². The summed E-state index contributed by atoms with van der Waals surface area (Å²) < 4.78 is 8.65. The minimum atomic E-state index is -1.07. The first-order valence-electron chi connectivity index (χ1n) is 8.62. The number of hydrogen-bond donors (Lipinski definition) is 1. The largest absolute Gasteiger partial charge is 0.494 e. The van der Waals surface area contributed by atoms with Crippen molar-refractivity contribution in [2.24, 2.45) is 7.05 Å². The van der Waals surface area contributed by atoms with Gasteiger partial charge in [0, 0.05) is 29.7 Å². The number of benzene rings is 2. The van der Waals surface area contributed by atoms with Gasteiger partial charge >= 0.3 is 5.97 Å². The standard InChI is InChI=1S/C21H18N2O4/c1-3-27-14-10-8-13(9-11-14)23-12-16(21(25)26)18-15-6-4-5-7-17(15)22(2)20(24)19(18)23/h4-12H,3H2,1-2H3,(H,25,26). The van der Waals surface area contributed by atoms with E-state index in [1.807, 2.05) is 43.3 Å². The number of para-hydroxylation sites is 1. The maximum Gasteiger partial charge on any atom is 0.337 e. The molecule has 0 saturated heterocycles. The number of fused-ring (bicyclic) bond motifs is 3. The van der Waals surface area contributed by atoms with Crippen LogP contribution in [0.3, 0.4) is 0 Å². The molecule has 0 bridgehead atoms. The Bertz CT molecular complexity index is 1230. The van der Waals surface area contributed by atoms with Crippen LogP contribution in [0.5, 0.6) is 5.75 Å². The molecule has 1 N–H and O–H groups in total. The summed E-state index contributed by atoms with van der Waals surface area (Å²) in [6.45, 7) is 2.46. The van der Waals surface area contributed by atoms with E-state index in [2.05, 4.69) is 0 Å². The van der Waals surface area contributed by atoms with Crippen LogP contribution in [0, 0.1) is 0 Å². The van der Waals surface area contributed by atoms with Gasteiger partial charge in [-0.05, 0) is 37.3 Å². The van der Waals surface area contributed by atoms with Crippen LogP contribution in [-0.2, 0) is 7.05 Å². The van der Waals surface area contributed by atoms with Crippen molar-refractivity contribution >= 4 is 27.8 Å². The first kappa shape index (κ1) is 16.9. The minimum Gasteiger partial charge on any atom is -0.494 e. The molecule has 0 aliphatic carbocycles. The first-order chi connectivity index (χ1) is 13.0. The van der Waals surface area contributed by atoms with Gasteiger partial charge in [-0.3, -0.25) is 4.79 Å². The average Bonchev–Trinajstić information content (AvgIpc) is 3.08. The summed E-state index contributed by atoms with van der Waals surface area (Å²) in [6.07, 6.45) is 1.51. The van der Waals surface area contributed by atoms with E-state index >= 15 is 0 Å². The number of nitrogens with zero attached hydrogens (tertiary/aromatic N) is 2. The van der Waals surface area contributed by atoms with Crippen molar-refractivity contribution in [3.63, 3.8) is 0 Å². The van der Waals surface area contributed by atoms with Crippen molar-refractivity contribution in [2.45, 2.75) is 6.92 Å². The third-order valence-electron chi connectivity index (χ3n) is 4.70. The van der Waals surface area contributed by atoms with Gasteiger partial charge in [-0.25, -0.2) is 4.79 Å². The summed E-state index contributed by atoms with van der Waals surface area (Å²) in [5.74, 6) is -0.349. The number of aromatic nitrogens is 2. The lowest BCUT2D eigenvalue weighted by atomic mass is 10.1. The molecule has 0 fully saturated rings. The zero-order valence-corrected chi connectivity index (χ0v) is 15.0.